The first kappa shape index (κ1) is 12.6. The SMILES string of the molecule is CC[C@@H]1C(CO)O[C@@H](CO)C(C=O)[C@@H]1O. The maximum absolute atomic E-state index is 10.8. The van der Waals surface area contributed by atoms with Gasteiger partial charge in [0, 0.05) is 5.92 Å². The minimum atomic E-state index is -0.851. The lowest BCUT2D eigenvalue weighted by Crippen LogP contribution is -2.53. The molecule has 0 radical (unpaired) electrons. The van der Waals surface area contributed by atoms with Crippen LogP contribution < -0.4 is 0 Å². The first-order valence-electron chi connectivity index (χ1n) is 5.20. The van der Waals surface area contributed by atoms with E-state index >= 15 is 0 Å². The highest BCUT2D eigenvalue weighted by Crippen LogP contribution is 2.31. The summed E-state index contributed by atoms with van der Waals surface area (Å²) in [5.41, 5.74) is 0. The summed E-state index contributed by atoms with van der Waals surface area (Å²) in [4.78, 5) is 10.8. The molecule has 1 aliphatic rings. The Labute approximate surface area is 88.7 Å². The third-order valence-corrected chi connectivity index (χ3v) is 3.08. The third kappa shape index (κ3) is 2.36. The van der Waals surface area contributed by atoms with Crippen LogP contribution in [0.1, 0.15) is 13.3 Å². The summed E-state index contributed by atoms with van der Waals surface area (Å²) in [5.74, 6) is -0.962. The average Bonchev–Trinajstić information content (AvgIpc) is 2.27. The summed E-state index contributed by atoms with van der Waals surface area (Å²) in [6, 6.07) is 0. The number of aliphatic hydroxyl groups is 3. The van der Waals surface area contributed by atoms with Gasteiger partial charge in [-0.3, -0.25) is 0 Å². The van der Waals surface area contributed by atoms with E-state index in [1.54, 1.807) is 0 Å². The molecule has 0 spiro atoms. The van der Waals surface area contributed by atoms with Crippen LogP contribution in [0.2, 0.25) is 0 Å². The van der Waals surface area contributed by atoms with E-state index in [0.717, 1.165) is 0 Å². The van der Waals surface area contributed by atoms with Crippen molar-refractivity contribution in [2.24, 2.45) is 11.8 Å². The van der Waals surface area contributed by atoms with Crippen LogP contribution in [0.3, 0.4) is 0 Å². The highest BCUT2D eigenvalue weighted by Gasteiger charge is 2.43. The van der Waals surface area contributed by atoms with Gasteiger partial charge in [0.2, 0.25) is 0 Å². The summed E-state index contributed by atoms with van der Waals surface area (Å²) >= 11 is 0. The Bertz CT molecular complexity index is 208. The fraction of sp³-hybridized carbons (Fsp3) is 0.900. The first-order chi connectivity index (χ1) is 7.19. The van der Waals surface area contributed by atoms with Gasteiger partial charge in [0.15, 0.2) is 0 Å². The van der Waals surface area contributed by atoms with Crippen molar-refractivity contribution in [2.45, 2.75) is 31.7 Å². The summed E-state index contributed by atoms with van der Waals surface area (Å²) in [6.45, 7) is 1.33. The molecule has 0 aromatic carbocycles. The largest absolute Gasteiger partial charge is 0.394 e. The number of aldehydes is 1. The highest BCUT2D eigenvalue weighted by atomic mass is 16.5. The van der Waals surface area contributed by atoms with Gasteiger partial charge in [0.1, 0.15) is 6.29 Å². The molecule has 5 atom stereocenters. The molecule has 0 aromatic rings. The minimum absolute atomic E-state index is 0.211. The predicted octanol–water partition coefficient (Wildman–Crippen LogP) is -1.06. The molecule has 0 saturated carbocycles. The lowest BCUT2D eigenvalue weighted by atomic mass is 9.80. The van der Waals surface area contributed by atoms with Crippen LogP contribution in [0.15, 0.2) is 0 Å². The van der Waals surface area contributed by atoms with Gasteiger partial charge >= 0.3 is 0 Å². The molecule has 3 N–H and O–H groups in total. The van der Waals surface area contributed by atoms with Crippen molar-refractivity contribution >= 4 is 6.29 Å². The maximum atomic E-state index is 10.8. The summed E-state index contributed by atoms with van der Waals surface area (Å²) < 4.78 is 5.37. The number of carbonyl (C=O) groups is 1. The summed E-state index contributed by atoms with van der Waals surface area (Å²) in [6.07, 6.45) is -0.831. The molecular weight excluding hydrogens is 200 g/mol. The van der Waals surface area contributed by atoms with Crippen LogP contribution in [-0.2, 0) is 9.53 Å². The van der Waals surface area contributed by atoms with Crippen molar-refractivity contribution in [2.75, 3.05) is 13.2 Å². The average molecular weight is 218 g/mol. The van der Waals surface area contributed by atoms with Gasteiger partial charge in [-0.05, 0) is 6.42 Å². The second-order valence-corrected chi connectivity index (χ2v) is 3.85. The van der Waals surface area contributed by atoms with E-state index in [1.807, 2.05) is 6.92 Å². The van der Waals surface area contributed by atoms with Crippen LogP contribution in [0.5, 0.6) is 0 Å². The minimum Gasteiger partial charge on any atom is -0.394 e. The lowest BCUT2D eigenvalue weighted by Gasteiger charge is -2.41. The Kier molecular flexibility index (Phi) is 4.66. The van der Waals surface area contributed by atoms with Crippen molar-refractivity contribution in [3.63, 3.8) is 0 Å². The van der Waals surface area contributed by atoms with Crippen molar-refractivity contribution in [1.82, 2.24) is 0 Å². The quantitative estimate of drug-likeness (QED) is 0.524. The number of hydrogen-bond acceptors (Lipinski definition) is 5. The molecule has 88 valence electrons. The van der Waals surface area contributed by atoms with Gasteiger partial charge in [0.25, 0.3) is 0 Å². The molecule has 0 bridgehead atoms. The van der Waals surface area contributed by atoms with Gasteiger partial charge in [-0.25, -0.2) is 0 Å². The molecule has 15 heavy (non-hydrogen) atoms. The van der Waals surface area contributed by atoms with E-state index < -0.39 is 24.2 Å². The molecule has 0 aliphatic carbocycles. The monoisotopic (exact) mass is 218 g/mol. The molecule has 1 heterocycles. The molecule has 0 aromatic heterocycles. The second kappa shape index (κ2) is 5.55. The lowest BCUT2D eigenvalue weighted by molar-refractivity contribution is -0.190. The van der Waals surface area contributed by atoms with Gasteiger partial charge < -0.3 is 24.9 Å². The van der Waals surface area contributed by atoms with Crippen molar-refractivity contribution < 1.29 is 24.9 Å². The number of ether oxygens (including phenoxy) is 1. The molecule has 5 heteroatoms. The predicted molar refractivity (Wildman–Crippen MR) is 52.2 cm³/mol. The normalized spacial score (nSPS) is 41.5. The molecule has 0 amide bonds. The molecule has 1 saturated heterocycles. The topological polar surface area (TPSA) is 87.0 Å². The van der Waals surface area contributed by atoms with Crippen LogP contribution in [0, 0.1) is 11.8 Å². The molecule has 2 unspecified atom stereocenters. The Hall–Kier alpha value is -0.490. The van der Waals surface area contributed by atoms with Gasteiger partial charge in [0.05, 0.1) is 37.4 Å². The number of hydrogen-bond donors (Lipinski definition) is 3. The number of carbonyl (C=O) groups excluding carboxylic acids is 1. The standard InChI is InChI=1S/C10H18O5/c1-2-6-8(4-12)15-9(5-13)7(3-11)10(6)14/h3,6-10,12-14H,2,4-5H2,1H3/t6-,7?,8?,9+,10-/m1/s1. The van der Waals surface area contributed by atoms with E-state index in [9.17, 15) is 9.90 Å². The number of rotatable bonds is 4. The molecule has 1 fully saturated rings. The smallest absolute Gasteiger partial charge is 0.128 e. The van der Waals surface area contributed by atoms with E-state index in [2.05, 4.69) is 0 Å². The van der Waals surface area contributed by atoms with E-state index in [0.29, 0.717) is 12.7 Å². The van der Waals surface area contributed by atoms with Crippen LogP contribution >= 0.6 is 0 Å². The number of aliphatic hydroxyl groups excluding tert-OH is 3. The first-order valence-corrected chi connectivity index (χ1v) is 5.20. The van der Waals surface area contributed by atoms with Gasteiger partial charge in [-0.2, -0.15) is 0 Å². The third-order valence-electron chi connectivity index (χ3n) is 3.08. The zero-order valence-corrected chi connectivity index (χ0v) is 8.74. The zero-order valence-electron chi connectivity index (χ0n) is 8.74. The molecular formula is C10H18O5. The fourth-order valence-electron chi connectivity index (χ4n) is 2.16. The molecule has 5 nitrogen and oxygen atoms in total. The van der Waals surface area contributed by atoms with Crippen LogP contribution in [0.4, 0.5) is 0 Å². The van der Waals surface area contributed by atoms with Gasteiger partial charge in [-0.15, -0.1) is 0 Å². The summed E-state index contributed by atoms with van der Waals surface area (Å²) in [5, 5.41) is 28.0. The maximum Gasteiger partial charge on any atom is 0.128 e. The van der Waals surface area contributed by atoms with Crippen LogP contribution in [-0.4, -0.2) is 53.1 Å². The van der Waals surface area contributed by atoms with Crippen molar-refractivity contribution in [3.05, 3.63) is 0 Å². The van der Waals surface area contributed by atoms with E-state index in [-0.39, 0.29) is 19.1 Å². The Morgan fingerprint density at radius 1 is 1.27 bits per heavy atom. The van der Waals surface area contributed by atoms with E-state index in [1.165, 1.54) is 0 Å². The van der Waals surface area contributed by atoms with Gasteiger partial charge in [-0.1, -0.05) is 6.92 Å². The summed E-state index contributed by atoms with van der Waals surface area (Å²) in [7, 11) is 0. The van der Waals surface area contributed by atoms with Crippen LogP contribution in [0.25, 0.3) is 0 Å². The second-order valence-electron chi connectivity index (χ2n) is 3.85. The zero-order chi connectivity index (χ0) is 11.4. The fourth-order valence-corrected chi connectivity index (χ4v) is 2.16. The Morgan fingerprint density at radius 3 is 2.27 bits per heavy atom. The molecule has 1 aliphatic heterocycles. The molecule has 1 rings (SSSR count). The van der Waals surface area contributed by atoms with Crippen molar-refractivity contribution in [3.8, 4) is 0 Å². The Morgan fingerprint density at radius 2 is 1.87 bits per heavy atom. The van der Waals surface area contributed by atoms with Crippen molar-refractivity contribution in [1.29, 1.82) is 0 Å². The van der Waals surface area contributed by atoms with E-state index in [4.69, 9.17) is 14.9 Å². The highest BCUT2D eigenvalue weighted by molar-refractivity contribution is 5.56. The Balaban J connectivity index is 2.81.